The molecule has 0 radical (unpaired) electrons. The lowest BCUT2D eigenvalue weighted by Gasteiger charge is -2.32. The zero-order valence-corrected chi connectivity index (χ0v) is 18.0. The lowest BCUT2D eigenvalue weighted by molar-refractivity contribution is 0.200. The summed E-state index contributed by atoms with van der Waals surface area (Å²) in [5.74, 6) is 1.62. The first kappa shape index (κ1) is 22.1. The van der Waals surface area contributed by atoms with Crippen LogP contribution in [0.2, 0.25) is 0 Å². The molecule has 2 amide bonds. The average Bonchev–Trinajstić information content (AvgIpc) is 2.66. The van der Waals surface area contributed by atoms with Gasteiger partial charge in [0.2, 0.25) is 5.75 Å². The van der Waals surface area contributed by atoms with Crippen LogP contribution in [0.1, 0.15) is 26.7 Å². The van der Waals surface area contributed by atoms with Gasteiger partial charge in [-0.1, -0.05) is 13.8 Å². The molecule has 1 aliphatic rings. The molecule has 1 N–H and O–H groups in total. The van der Waals surface area contributed by atoms with E-state index >= 15 is 0 Å². The number of carbonyl (C=O) groups excluding carboxylic acids is 1. The number of nitrogens with one attached hydrogen (secondary N) is 1. The lowest BCUT2D eigenvalue weighted by atomic mass is 10.1. The van der Waals surface area contributed by atoms with E-state index in [-0.39, 0.29) is 23.0 Å². The van der Waals surface area contributed by atoms with Crippen molar-refractivity contribution in [2.75, 3.05) is 45.5 Å². The number of urea groups is 1. The van der Waals surface area contributed by atoms with Crippen LogP contribution >= 0.6 is 0 Å². The minimum Gasteiger partial charge on any atom is -0.493 e. The van der Waals surface area contributed by atoms with Gasteiger partial charge in [0.05, 0.1) is 38.0 Å². The molecule has 0 bridgehead atoms. The Morgan fingerprint density at radius 3 is 2.07 bits per heavy atom. The van der Waals surface area contributed by atoms with Gasteiger partial charge in [0.1, 0.15) is 0 Å². The quantitative estimate of drug-likeness (QED) is 0.737. The van der Waals surface area contributed by atoms with Crippen LogP contribution < -0.4 is 19.5 Å². The van der Waals surface area contributed by atoms with Crippen LogP contribution in [0.4, 0.5) is 10.5 Å². The number of rotatable bonds is 7. The van der Waals surface area contributed by atoms with Crippen molar-refractivity contribution in [1.82, 2.24) is 4.90 Å². The van der Waals surface area contributed by atoms with Crippen LogP contribution in [0, 0.1) is 5.92 Å². The smallest absolute Gasteiger partial charge is 0.321 e. The number of benzene rings is 1. The number of amides is 2. The summed E-state index contributed by atoms with van der Waals surface area (Å²) in [7, 11) is 1.40. The Labute approximate surface area is 167 Å². The molecule has 1 saturated heterocycles. The fourth-order valence-electron chi connectivity index (χ4n) is 3.37. The van der Waals surface area contributed by atoms with Gasteiger partial charge in [0.25, 0.3) is 0 Å². The van der Waals surface area contributed by atoms with E-state index < -0.39 is 9.84 Å². The summed E-state index contributed by atoms with van der Waals surface area (Å²) in [6, 6.07) is 3.02. The molecular formula is C19H30N2O6S. The molecule has 0 atom stereocenters. The molecule has 2 rings (SSSR count). The Balaban J connectivity index is 2.03. The fourth-order valence-corrected chi connectivity index (χ4v) is 5.50. The normalized spacial score (nSPS) is 15.4. The Hall–Kier alpha value is -2.16. The number of anilines is 1. The Bertz CT molecular complexity index is 761. The number of nitrogens with zero attached hydrogens (tertiary/aromatic N) is 1. The third-order valence-corrected chi connectivity index (χ3v) is 7.34. The first-order valence-corrected chi connectivity index (χ1v) is 11.0. The predicted octanol–water partition coefficient (Wildman–Crippen LogP) is 2.78. The molecule has 158 valence electrons. The second kappa shape index (κ2) is 9.36. The Morgan fingerprint density at radius 2 is 1.64 bits per heavy atom. The third-order valence-electron chi connectivity index (χ3n) is 4.72. The fraction of sp³-hybridized carbons (Fsp3) is 0.632. The van der Waals surface area contributed by atoms with Crippen molar-refractivity contribution in [2.24, 2.45) is 5.92 Å². The molecular weight excluding hydrogens is 384 g/mol. The first-order valence-electron chi connectivity index (χ1n) is 9.29. The molecule has 1 aromatic carbocycles. The number of methoxy groups -OCH3 is 3. The molecule has 9 heteroatoms. The largest absolute Gasteiger partial charge is 0.493 e. The SMILES string of the molecule is COc1cc(NC(=O)N2CCC(S(=O)(=O)CC(C)C)CC2)cc(OC)c1OC. The number of piperidine rings is 1. The number of sulfone groups is 1. The van der Waals surface area contributed by atoms with Crippen LogP contribution in [0.25, 0.3) is 0 Å². The second-order valence-electron chi connectivity index (χ2n) is 7.25. The van der Waals surface area contributed by atoms with E-state index in [4.69, 9.17) is 14.2 Å². The number of carbonyl (C=O) groups is 1. The maximum atomic E-state index is 12.6. The number of ether oxygens (including phenoxy) is 3. The molecule has 0 saturated carbocycles. The Kier molecular flexibility index (Phi) is 7.40. The highest BCUT2D eigenvalue weighted by atomic mass is 32.2. The van der Waals surface area contributed by atoms with E-state index in [0.717, 1.165) is 0 Å². The van der Waals surface area contributed by atoms with Crippen molar-refractivity contribution in [2.45, 2.75) is 31.9 Å². The number of hydrogen-bond acceptors (Lipinski definition) is 6. The van der Waals surface area contributed by atoms with Crippen LogP contribution in [0.15, 0.2) is 12.1 Å². The highest BCUT2D eigenvalue weighted by Crippen LogP contribution is 2.40. The zero-order chi connectivity index (χ0) is 20.9. The summed E-state index contributed by atoms with van der Waals surface area (Å²) >= 11 is 0. The first-order chi connectivity index (χ1) is 13.2. The van der Waals surface area contributed by atoms with Crippen molar-refractivity contribution in [3.8, 4) is 17.2 Å². The van der Waals surface area contributed by atoms with Gasteiger partial charge in [-0.3, -0.25) is 0 Å². The monoisotopic (exact) mass is 414 g/mol. The summed E-state index contributed by atoms with van der Waals surface area (Å²) in [6.45, 7) is 4.60. The molecule has 1 aromatic rings. The van der Waals surface area contributed by atoms with Gasteiger partial charge in [-0.25, -0.2) is 13.2 Å². The van der Waals surface area contributed by atoms with Crippen molar-refractivity contribution in [3.05, 3.63) is 12.1 Å². The molecule has 28 heavy (non-hydrogen) atoms. The van der Waals surface area contributed by atoms with E-state index in [1.807, 2.05) is 13.8 Å². The van der Waals surface area contributed by atoms with Crippen LogP contribution in [-0.2, 0) is 9.84 Å². The summed E-state index contributed by atoms with van der Waals surface area (Å²) in [4.78, 5) is 14.2. The standard InChI is InChI=1S/C19H30N2O6S/c1-13(2)12-28(23,24)15-6-8-21(9-7-15)19(22)20-14-10-16(25-3)18(27-5)17(11-14)26-4/h10-11,13,15H,6-9,12H2,1-5H3,(H,20,22). The predicted molar refractivity (Wildman–Crippen MR) is 108 cm³/mol. The summed E-state index contributed by atoms with van der Waals surface area (Å²) in [5, 5.41) is 2.45. The van der Waals surface area contributed by atoms with Crippen molar-refractivity contribution in [1.29, 1.82) is 0 Å². The van der Waals surface area contributed by atoms with Gasteiger partial charge in [0.15, 0.2) is 21.3 Å². The van der Waals surface area contributed by atoms with Crippen molar-refractivity contribution < 1.29 is 27.4 Å². The summed E-state index contributed by atoms with van der Waals surface area (Å²) in [5.41, 5.74) is 0.508. The van der Waals surface area contributed by atoms with E-state index in [0.29, 0.717) is 48.9 Å². The van der Waals surface area contributed by atoms with Crippen LogP contribution in [-0.4, -0.2) is 64.8 Å². The molecule has 8 nitrogen and oxygen atoms in total. The molecule has 0 spiro atoms. The maximum Gasteiger partial charge on any atom is 0.321 e. The zero-order valence-electron chi connectivity index (χ0n) is 17.1. The minimum absolute atomic E-state index is 0.103. The lowest BCUT2D eigenvalue weighted by Crippen LogP contribution is -2.45. The molecule has 1 aliphatic heterocycles. The van der Waals surface area contributed by atoms with E-state index in [1.165, 1.54) is 21.3 Å². The molecule has 0 unspecified atom stereocenters. The highest BCUT2D eigenvalue weighted by Gasteiger charge is 2.32. The minimum atomic E-state index is -3.12. The van der Waals surface area contributed by atoms with Gasteiger partial charge in [-0.05, 0) is 18.8 Å². The van der Waals surface area contributed by atoms with Gasteiger partial charge in [-0.2, -0.15) is 0 Å². The number of likely N-dealkylation sites (tertiary alicyclic amines) is 1. The van der Waals surface area contributed by atoms with Crippen LogP contribution in [0.3, 0.4) is 0 Å². The molecule has 0 aromatic heterocycles. The summed E-state index contributed by atoms with van der Waals surface area (Å²) in [6.07, 6.45) is 0.912. The van der Waals surface area contributed by atoms with Crippen molar-refractivity contribution >= 4 is 21.6 Å². The van der Waals surface area contributed by atoms with Gasteiger partial charge in [0, 0.05) is 25.2 Å². The molecule has 0 aliphatic carbocycles. The van der Waals surface area contributed by atoms with Crippen molar-refractivity contribution in [3.63, 3.8) is 0 Å². The second-order valence-corrected chi connectivity index (χ2v) is 9.58. The third kappa shape index (κ3) is 5.21. The molecule has 1 fully saturated rings. The summed E-state index contributed by atoms with van der Waals surface area (Å²) < 4.78 is 40.7. The van der Waals surface area contributed by atoms with Gasteiger partial charge >= 0.3 is 6.03 Å². The maximum absolute atomic E-state index is 12.6. The average molecular weight is 415 g/mol. The van der Waals surface area contributed by atoms with E-state index in [1.54, 1.807) is 17.0 Å². The van der Waals surface area contributed by atoms with E-state index in [9.17, 15) is 13.2 Å². The Morgan fingerprint density at radius 1 is 1.11 bits per heavy atom. The van der Waals surface area contributed by atoms with Gasteiger partial charge < -0.3 is 24.4 Å². The molecule has 1 heterocycles. The highest BCUT2D eigenvalue weighted by molar-refractivity contribution is 7.92. The van der Waals surface area contributed by atoms with E-state index in [2.05, 4.69) is 5.32 Å². The van der Waals surface area contributed by atoms with Crippen LogP contribution in [0.5, 0.6) is 17.2 Å². The number of hydrogen-bond donors (Lipinski definition) is 1. The van der Waals surface area contributed by atoms with Gasteiger partial charge in [-0.15, -0.1) is 0 Å². The topological polar surface area (TPSA) is 94.2 Å².